The summed E-state index contributed by atoms with van der Waals surface area (Å²) in [6.45, 7) is 4.53. The van der Waals surface area contributed by atoms with E-state index in [2.05, 4.69) is 5.32 Å². The molecule has 2 amide bonds. The molecule has 4 aromatic rings. The summed E-state index contributed by atoms with van der Waals surface area (Å²) in [5, 5.41) is 4.64. The summed E-state index contributed by atoms with van der Waals surface area (Å²) in [4.78, 5) is 33.3. The number of hydrogen-bond acceptors (Lipinski definition) is 3. The lowest BCUT2D eigenvalue weighted by Crippen LogP contribution is -2.41. The van der Waals surface area contributed by atoms with Crippen molar-refractivity contribution in [2.75, 3.05) is 11.9 Å². The van der Waals surface area contributed by atoms with E-state index in [1.165, 1.54) is 0 Å². The number of halogens is 3. The summed E-state index contributed by atoms with van der Waals surface area (Å²) < 4.78 is 1.60. The molecule has 1 unspecified atom stereocenters. The fourth-order valence-electron chi connectivity index (χ4n) is 4.12. The average molecular weight is 544 g/mol. The van der Waals surface area contributed by atoms with Crippen molar-refractivity contribution in [2.24, 2.45) is 0 Å². The van der Waals surface area contributed by atoms with Crippen LogP contribution in [0.5, 0.6) is 0 Å². The van der Waals surface area contributed by atoms with Gasteiger partial charge in [-0.1, -0.05) is 65.1 Å². The second-order valence-electron chi connectivity index (χ2n) is 8.34. The third kappa shape index (κ3) is 5.67. The van der Waals surface area contributed by atoms with Crippen molar-refractivity contribution in [3.63, 3.8) is 0 Å². The van der Waals surface area contributed by atoms with Crippen LogP contribution in [0.25, 0.3) is 10.9 Å². The molecule has 0 bridgehead atoms. The maximum absolute atomic E-state index is 13.6. The Hall–Kier alpha value is -3.06. The lowest BCUT2D eigenvalue weighted by Gasteiger charge is -2.30. The molecule has 6 nitrogen and oxygen atoms in total. The van der Waals surface area contributed by atoms with E-state index in [1.807, 2.05) is 44.2 Å². The van der Waals surface area contributed by atoms with Gasteiger partial charge in [0.1, 0.15) is 5.82 Å². The molecule has 1 atom stereocenters. The van der Waals surface area contributed by atoms with Crippen LogP contribution in [0.15, 0.2) is 71.5 Å². The highest BCUT2D eigenvalue weighted by Gasteiger charge is 2.26. The molecule has 0 aliphatic carbocycles. The van der Waals surface area contributed by atoms with Crippen LogP contribution in [-0.2, 0) is 13.0 Å². The monoisotopic (exact) mass is 542 g/mol. The zero-order valence-corrected chi connectivity index (χ0v) is 22.1. The number of fused-ring (bicyclic) bond motifs is 1. The van der Waals surface area contributed by atoms with Crippen molar-refractivity contribution in [1.82, 2.24) is 14.5 Å². The molecule has 0 saturated heterocycles. The molecule has 3 aromatic carbocycles. The predicted octanol–water partition coefficient (Wildman–Crippen LogP) is 7.21. The lowest BCUT2D eigenvalue weighted by molar-refractivity contribution is 0.189. The largest absolute Gasteiger partial charge is 0.322 e. The first-order valence-corrected chi connectivity index (χ1v) is 12.7. The van der Waals surface area contributed by atoms with Gasteiger partial charge in [-0.2, -0.15) is 0 Å². The summed E-state index contributed by atoms with van der Waals surface area (Å²) in [6.07, 6.45) is 0.614. The molecule has 36 heavy (non-hydrogen) atoms. The maximum atomic E-state index is 13.6. The van der Waals surface area contributed by atoms with Gasteiger partial charge in [-0.25, -0.2) is 9.78 Å². The molecule has 1 aromatic heterocycles. The Balaban J connectivity index is 1.74. The number of amides is 2. The van der Waals surface area contributed by atoms with Crippen LogP contribution in [0.3, 0.4) is 0 Å². The number of aromatic nitrogens is 2. The highest BCUT2D eigenvalue weighted by atomic mass is 35.5. The molecular weight excluding hydrogens is 519 g/mol. The van der Waals surface area contributed by atoms with E-state index in [1.54, 1.807) is 45.9 Å². The van der Waals surface area contributed by atoms with E-state index < -0.39 is 6.04 Å². The fraction of sp³-hybridized carbons (Fsp3) is 0.222. The van der Waals surface area contributed by atoms with Gasteiger partial charge in [-0.05, 0) is 62.2 Å². The molecule has 0 radical (unpaired) electrons. The average Bonchev–Trinajstić information content (AvgIpc) is 2.86. The van der Waals surface area contributed by atoms with Gasteiger partial charge in [0.15, 0.2) is 0 Å². The van der Waals surface area contributed by atoms with Gasteiger partial charge in [-0.15, -0.1) is 0 Å². The highest BCUT2D eigenvalue weighted by Crippen LogP contribution is 2.28. The summed E-state index contributed by atoms with van der Waals surface area (Å²) in [6, 6.07) is 18.9. The van der Waals surface area contributed by atoms with Crippen molar-refractivity contribution in [3.8, 4) is 0 Å². The van der Waals surface area contributed by atoms with Crippen LogP contribution in [0.4, 0.5) is 10.5 Å². The van der Waals surface area contributed by atoms with Gasteiger partial charge in [0.05, 0.1) is 27.7 Å². The first kappa shape index (κ1) is 26.0. The van der Waals surface area contributed by atoms with E-state index >= 15 is 0 Å². The smallest absolute Gasteiger partial charge is 0.314 e. The van der Waals surface area contributed by atoms with E-state index in [0.29, 0.717) is 57.0 Å². The van der Waals surface area contributed by atoms with E-state index in [4.69, 9.17) is 39.8 Å². The van der Waals surface area contributed by atoms with Crippen molar-refractivity contribution in [2.45, 2.75) is 32.9 Å². The summed E-state index contributed by atoms with van der Waals surface area (Å²) in [7, 11) is 0. The Kier molecular flexibility index (Phi) is 8.19. The van der Waals surface area contributed by atoms with Crippen LogP contribution >= 0.6 is 34.8 Å². The minimum absolute atomic E-state index is 0.176. The first-order chi connectivity index (χ1) is 17.3. The van der Waals surface area contributed by atoms with Crippen molar-refractivity contribution in [1.29, 1.82) is 0 Å². The first-order valence-electron chi connectivity index (χ1n) is 11.5. The number of nitrogens with zero attached hydrogens (tertiary/aromatic N) is 3. The number of hydrogen-bond donors (Lipinski definition) is 1. The van der Waals surface area contributed by atoms with Crippen molar-refractivity contribution < 1.29 is 4.79 Å². The van der Waals surface area contributed by atoms with Crippen molar-refractivity contribution >= 4 is 57.4 Å². The third-order valence-electron chi connectivity index (χ3n) is 6.02. The van der Waals surface area contributed by atoms with Gasteiger partial charge in [-0.3, -0.25) is 9.36 Å². The van der Waals surface area contributed by atoms with Crippen LogP contribution in [0.2, 0.25) is 15.1 Å². The Bertz CT molecular complexity index is 1460. The molecule has 186 valence electrons. The van der Waals surface area contributed by atoms with Crippen LogP contribution in [0.1, 0.15) is 31.3 Å². The zero-order chi connectivity index (χ0) is 25.8. The number of rotatable bonds is 7. The van der Waals surface area contributed by atoms with E-state index in [-0.39, 0.29) is 11.6 Å². The van der Waals surface area contributed by atoms with Gasteiger partial charge in [0.2, 0.25) is 0 Å². The quantitative estimate of drug-likeness (QED) is 0.268. The molecular formula is C27H25Cl3N4O2. The highest BCUT2D eigenvalue weighted by molar-refractivity contribution is 6.36. The number of carbonyl (C=O) groups is 1. The van der Waals surface area contributed by atoms with Crippen LogP contribution in [-0.4, -0.2) is 27.0 Å². The maximum Gasteiger partial charge on any atom is 0.322 e. The number of anilines is 1. The van der Waals surface area contributed by atoms with E-state index in [9.17, 15) is 9.59 Å². The zero-order valence-electron chi connectivity index (χ0n) is 19.8. The third-order valence-corrected chi connectivity index (χ3v) is 6.80. The van der Waals surface area contributed by atoms with Crippen LogP contribution < -0.4 is 10.9 Å². The van der Waals surface area contributed by atoms with Gasteiger partial charge in [0, 0.05) is 23.1 Å². The number of benzene rings is 3. The molecule has 0 saturated carbocycles. The van der Waals surface area contributed by atoms with Crippen LogP contribution in [0, 0.1) is 0 Å². The van der Waals surface area contributed by atoms with Crippen molar-refractivity contribution in [3.05, 3.63) is 104 Å². The molecule has 0 aliphatic heterocycles. The Morgan fingerprint density at radius 3 is 2.42 bits per heavy atom. The lowest BCUT2D eigenvalue weighted by atomic mass is 10.1. The molecule has 1 heterocycles. The Morgan fingerprint density at radius 1 is 1.03 bits per heavy atom. The second-order valence-corrected chi connectivity index (χ2v) is 9.62. The topological polar surface area (TPSA) is 67.2 Å². The second kappa shape index (κ2) is 11.3. The Morgan fingerprint density at radius 2 is 1.72 bits per heavy atom. The molecule has 0 aliphatic rings. The molecule has 0 fully saturated rings. The molecule has 9 heteroatoms. The van der Waals surface area contributed by atoms with Gasteiger partial charge < -0.3 is 10.2 Å². The fourth-order valence-corrected chi connectivity index (χ4v) is 4.74. The normalized spacial score (nSPS) is 11.9. The predicted molar refractivity (Wildman–Crippen MR) is 147 cm³/mol. The van der Waals surface area contributed by atoms with E-state index in [0.717, 1.165) is 5.56 Å². The molecule has 4 rings (SSSR count). The van der Waals surface area contributed by atoms with Gasteiger partial charge in [0.25, 0.3) is 5.56 Å². The summed E-state index contributed by atoms with van der Waals surface area (Å²) >= 11 is 18.5. The van der Waals surface area contributed by atoms with Gasteiger partial charge >= 0.3 is 6.03 Å². The number of nitrogens with one attached hydrogen (secondary N) is 1. The standard InChI is InChI=1S/C27H25Cl3N4O2/c1-3-33-25(31-24-16-20(29)9-11-21(24)26(33)35)17(2)34(14-13-18-7-5-4-6-8-18)27(36)32-23-12-10-19(28)15-22(23)30/h4-12,15-17H,3,13-14H2,1-2H3,(H,32,36). The Labute approximate surface area is 224 Å². The minimum Gasteiger partial charge on any atom is -0.314 e. The summed E-state index contributed by atoms with van der Waals surface area (Å²) in [5.74, 6) is 0.475. The SMILES string of the molecule is CCn1c(C(C)N(CCc2ccccc2)C(=O)Nc2ccc(Cl)cc2Cl)nc2cc(Cl)ccc2c1=O. The number of urea groups is 1. The number of carbonyl (C=O) groups excluding carboxylic acids is 1. The summed E-state index contributed by atoms with van der Waals surface area (Å²) in [5.41, 5.74) is 1.83. The minimum atomic E-state index is -0.532. The molecule has 1 N–H and O–H groups in total. The molecule has 0 spiro atoms.